The summed E-state index contributed by atoms with van der Waals surface area (Å²) >= 11 is 7.38. The lowest BCUT2D eigenvalue weighted by atomic mass is 10.1. The van der Waals surface area contributed by atoms with Gasteiger partial charge in [-0.2, -0.15) is 0 Å². The predicted octanol–water partition coefficient (Wildman–Crippen LogP) is 9.41. The average molecular weight is 566 g/mol. The number of benzene rings is 5. The van der Waals surface area contributed by atoms with Crippen LogP contribution in [0.5, 0.6) is 0 Å². The number of para-hydroxylation sites is 2. The zero-order valence-corrected chi connectivity index (χ0v) is 21.2. The van der Waals surface area contributed by atoms with Gasteiger partial charge in [0.25, 0.3) is 0 Å². The largest absolute Gasteiger partial charge is 0.309 e. The Kier molecular flexibility index (Phi) is 4.48. The molecule has 162 valence electrons. The molecule has 0 bridgehead atoms. The lowest BCUT2D eigenvalue weighted by Gasteiger charge is -2.10. The Morgan fingerprint density at radius 3 is 1.24 bits per heavy atom. The standard InChI is InChI=1S/C30H18Br2N2/c31-19-11-13-23-25-17-26-24-14-12-20(32)16-28(24)34(22-9-5-2-6-10-22)30(26)18-29(25)33(27(23)15-19)21-7-3-1-4-8-21/h1-18H. The summed E-state index contributed by atoms with van der Waals surface area (Å²) in [6.07, 6.45) is 0. The molecule has 0 fully saturated rings. The van der Waals surface area contributed by atoms with Gasteiger partial charge in [0.15, 0.2) is 0 Å². The fraction of sp³-hybridized carbons (Fsp3) is 0. The van der Waals surface area contributed by atoms with Crippen LogP contribution in [-0.4, -0.2) is 9.13 Å². The molecule has 7 rings (SSSR count). The summed E-state index contributed by atoms with van der Waals surface area (Å²) in [5.74, 6) is 0. The van der Waals surface area contributed by atoms with Crippen LogP contribution in [0.2, 0.25) is 0 Å². The van der Waals surface area contributed by atoms with E-state index in [1.165, 1.54) is 43.6 Å². The van der Waals surface area contributed by atoms with E-state index in [1.54, 1.807) is 0 Å². The SMILES string of the molecule is Brc1ccc2c3cc4c5ccc(Br)cc5n(-c5ccccc5)c4cc3n(-c3ccccc3)c2c1. The molecule has 7 aromatic rings. The van der Waals surface area contributed by atoms with Crippen LogP contribution in [0.4, 0.5) is 0 Å². The second kappa shape index (κ2) is 7.59. The molecule has 2 nitrogen and oxygen atoms in total. The van der Waals surface area contributed by atoms with Crippen molar-refractivity contribution in [3.05, 3.63) is 118 Å². The lowest BCUT2D eigenvalue weighted by Crippen LogP contribution is -1.95. The predicted molar refractivity (Wildman–Crippen MR) is 151 cm³/mol. The molecule has 0 saturated heterocycles. The molecule has 0 radical (unpaired) electrons. The first-order valence-electron chi connectivity index (χ1n) is 11.2. The molecule has 34 heavy (non-hydrogen) atoms. The van der Waals surface area contributed by atoms with Gasteiger partial charge < -0.3 is 9.13 Å². The highest BCUT2D eigenvalue weighted by molar-refractivity contribution is 9.10. The van der Waals surface area contributed by atoms with Crippen molar-refractivity contribution < 1.29 is 0 Å². The highest BCUT2D eigenvalue weighted by atomic mass is 79.9. The normalized spacial score (nSPS) is 11.8. The third-order valence-corrected chi connectivity index (χ3v) is 7.59. The van der Waals surface area contributed by atoms with Crippen LogP contribution in [0.15, 0.2) is 118 Å². The summed E-state index contributed by atoms with van der Waals surface area (Å²) in [6.45, 7) is 0. The first kappa shape index (κ1) is 20.1. The van der Waals surface area contributed by atoms with E-state index < -0.39 is 0 Å². The molecule has 0 unspecified atom stereocenters. The zero-order valence-electron chi connectivity index (χ0n) is 18.0. The van der Waals surface area contributed by atoms with E-state index >= 15 is 0 Å². The van der Waals surface area contributed by atoms with Gasteiger partial charge >= 0.3 is 0 Å². The van der Waals surface area contributed by atoms with E-state index in [4.69, 9.17) is 0 Å². The van der Waals surface area contributed by atoms with E-state index in [9.17, 15) is 0 Å². The molecule has 0 N–H and O–H groups in total. The fourth-order valence-corrected chi connectivity index (χ4v) is 5.88. The van der Waals surface area contributed by atoms with Crippen molar-refractivity contribution in [2.45, 2.75) is 0 Å². The van der Waals surface area contributed by atoms with Crippen molar-refractivity contribution in [1.29, 1.82) is 0 Å². The summed E-state index contributed by atoms with van der Waals surface area (Å²) in [5, 5.41) is 5.02. The van der Waals surface area contributed by atoms with E-state index in [2.05, 4.69) is 150 Å². The summed E-state index contributed by atoms with van der Waals surface area (Å²) < 4.78 is 6.90. The second-order valence-corrected chi connectivity index (χ2v) is 10.4. The van der Waals surface area contributed by atoms with Gasteiger partial charge in [0.2, 0.25) is 0 Å². The maximum Gasteiger partial charge on any atom is 0.0562 e. The minimum atomic E-state index is 1.08. The summed E-state index contributed by atoms with van der Waals surface area (Å²) in [4.78, 5) is 0. The Bertz CT molecular complexity index is 1730. The van der Waals surface area contributed by atoms with Crippen LogP contribution in [-0.2, 0) is 0 Å². The van der Waals surface area contributed by atoms with E-state index in [1.807, 2.05) is 0 Å². The van der Waals surface area contributed by atoms with Gasteiger partial charge in [-0.3, -0.25) is 0 Å². The van der Waals surface area contributed by atoms with Crippen molar-refractivity contribution in [3.63, 3.8) is 0 Å². The maximum absolute atomic E-state index is 3.69. The molecule has 0 aliphatic rings. The molecule has 0 spiro atoms. The molecule has 0 saturated carbocycles. The molecule has 0 aliphatic carbocycles. The smallest absolute Gasteiger partial charge is 0.0562 e. The number of halogens is 2. The number of hydrogen-bond acceptors (Lipinski definition) is 0. The molecular weight excluding hydrogens is 548 g/mol. The summed E-state index contributed by atoms with van der Waals surface area (Å²) in [7, 11) is 0. The number of fused-ring (bicyclic) bond motifs is 6. The summed E-state index contributed by atoms with van der Waals surface area (Å²) in [5.41, 5.74) is 7.11. The average Bonchev–Trinajstić information content (AvgIpc) is 3.34. The van der Waals surface area contributed by atoms with E-state index in [0.717, 1.165) is 20.3 Å². The quantitative estimate of drug-likeness (QED) is 0.197. The first-order chi connectivity index (χ1) is 16.7. The molecule has 2 heterocycles. The van der Waals surface area contributed by atoms with E-state index in [-0.39, 0.29) is 0 Å². The molecule has 0 amide bonds. The Hall–Kier alpha value is -3.34. The van der Waals surface area contributed by atoms with Crippen molar-refractivity contribution in [2.24, 2.45) is 0 Å². The maximum atomic E-state index is 3.69. The van der Waals surface area contributed by atoms with Crippen molar-refractivity contribution >= 4 is 75.5 Å². The first-order valence-corrected chi connectivity index (χ1v) is 12.8. The Labute approximate surface area is 213 Å². The molecule has 0 aliphatic heterocycles. The second-order valence-electron chi connectivity index (χ2n) is 8.55. The van der Waals surface area contributed by atoms with E-state index in [0.29, 0.717) is 0 Å². The molecule has 4 heteroatoms. The number of hydrogen-bond donors (Lipinski definition) is 0. The number of aromatic nitrogens is 2. The Morgan fingerprint density at radius 2 is 0.794 bits per heavy atom. The van der Waals surface area contributed by atoms with Crippen LogP contribution in [0.1, 0.15) is 0 Å². The van der Waals surface area contributed by atoms with Crippen molar-refractivity contribution in [2.75, 3.05) is 0 Å². The fourth-order valence-electron chi connectivity index (χ4n) is 5.18. The monoisotopic (exact) mass is 564 g/mol. The molecule has 2 aromatic heterocycles. The topological polar surface area (TPSA) is 9.86 Å². The van der Waals surface area contributed by atoms with Gasteiger partial charge in [0, 0.05) is 41.9 Å². The van der Waals surface area contributed by atoms with Crippen molar-refractivity contribution in [3.8, 4) is 11.4 Å². The third-order valence-electron chi connectivity index (χ3n) is 6.61. The Balaban J connectivity index is 1.71. The highest BCUT2D eigenvalue weighted by Gasteiger charge is 2.18. The number of nitrogens with zero attached hydrogens (tertiary/aromatic N) is 2. The third kappa shape index (κ3) is 2.92. The van der Waals surface area contributed by atoms with Gasteiger partial charge in [0.05, 0.1) is 22.1 Å². The van der Waals surface area contributed by atoms with Gasteiger partial charge in [-0.1, -0.05) is 80.4 Å². The van der Waals surface area contributed by atoms with Crippen LogP contribution in [0.25, 0.3) is 55.0 Å². The number of rotatable bonds is 2. The summed E-state index contributed by atoms with van der Waals surface area (Å²) in [6, 6.07) is 39.1. The minimum absolute atomic E-state index is 1.08. The zero-order chi connectivity index (χ0) is 22.8. The van der Waals surface area contributed by atoms with Gasteiger partial charge in [-0.05, 0) is 60.7 Å². The van der Waals surface area contributed by atoms with Crippen LogP contribution in [0.3, 0.4) is 0 Å². The molecule has 5 aromatic carbocycles. The van der Waals surface area contributed by atoms with Gasteiger partial charge in [-0.15, -0.1) is 0 Å². The van der Waals surface area contributed by atoms with Crippen LogP contribution < -0.4 is 0 Å². The minimum Gasteiger partial charge on any atom is -0.309 e. The molecule has 0 atom stereocenters. The van der Waals surface area contributed by atoms with Crippen LogP contribution in [0, 0.1) is 0 Å². The lowest BCUT2D eigenvalue weighted by molar-refractivity contribution is 1.16. The highest BCUT2D eigenvalue weighted by Crippen LogP contribution is 2.40. The van der Waals surface area contributed by atoms with Gasteiger partial charge in [0.1, 0.15) is 0 Å². The molecular formula is C30H18Br2N2. The van der Waals surface area contributed by atoms with Crippen molar-refractivity contribution in [1.82, 2.24) is 9.13 Å². The van der Waals surface area contributed by atoms with Gasteiger partial charge in [-0.25, -0.2) is 0 Å². The van der Waals surface area contributed by atoms with Crippen LogP contribution >= 0.6 is 31.9 Å². The Morgan fingerprint density at radius 1 is 0.382 bits per heavy atom.